The summed E-state index contributed by atoms with van der Waals surface area (Å²) >= 11 is 0. The second kappa shape index (κ2) is 9.53. The molecule has 0 aromatic heterocycles. The molecule has 7 nitrogen and oxygen atoms in total. The zero-order chi connectivity index (χ0) is 23.8. The van der Waals surface area contributed by atoms with Crippen LogP contribution in [0.5, 0.6) is 0 Å². The summed E-state index contributed by atoms with van der Waals surface area (Å²) in [6.07, 6.45) is 5.09. The van der Waals surface area contributed by atoms with Crippen LogP contribution in [0.25, 0.3) is 0 Å². The second-order valence-electron chi connectivity index (χ2n) is 10.8. The van der Waals surface area contributed by atoms with E-state index < -0.39 is 6.09 Å². The zero-order valence-corrected chi connectivity index (χ0v) is 20.3. The Kier molecular flexibility index (Phi) is 6.89. The molecule has 1 saturated carbocycles. The van der Waals surface area contributed by atoms with Gasteiger partial charge >= 0.3 is 6.09 Å². The molecule has 3 aliphatic rings. The first-order valence-corrected chi connectivity index (χ1v) is 12.6. The fourth-order valence-corrected chi connectivity index (χ4v) is 6.10. The molecule has 2 aliphatic heterocycles. The number of aliphatic hydroxyl groups is 1. The molecule has 0 bridgehead atoms. The maximum atomic E-state index is 13.6. The number of likely N-dealkylation sites (tertiary alicyclic amines) is 1. The highest BCUT2D eigenvalue weighted by Gasteiger charge is 2.50. The van der Waals surface area contributed by atoms with E-state index in [0.29, 0.717) is 18.1 Å². The smallest absolute Gasteiger partial charge is 0.411 e. The number of aliphatic hydroxyl groups excluding tert-OH is 1. The van der Waals surface area contributed by atoms with Crippen molar-refractivity contribution in [2.75, 3.05) is 36.0 Å². The molecule has 1 aliphatic carbocycles. The van der Waals surface area contributed by atoms with E-state index >= 15 is 0 Å². The largest absolute Gasteiger partial charge is 0.465 e. The van der Waals surface area contributed by atoms with Gasteiger partial charge in [0.2, 0.25) is 5.91 Å². The Balaban J connectivity index is 1.49. The van der Waals surface area contributed by atoms with Gasteiger partial charge in [-0.05, 0) is 81.5 Å². The number of hydrogen-bond donors (Lipinski definition) is 2. The fraction of sp³-hybridized carbons (Fsp3) is 0.692. The highest BCUT2D eigenvalue weighted by atomic mass is 16.4. The van der Waals surface area contributed by atoms with Gasteiger partial charge in [0, 0.05) is 43.6 Å². The first-order chi connectivity index (χ1) is 15.7. The van der Waals surface area contributed by atoms with E-state index in [-0.39, 0.29) is 23.5 Å². The molecule has 4 rings (SSSR count). The molecule has 2 saturated heterocycles. The van der Waals surface area contributed by atoms with Crippen LogP contribution in [0.3, 0.4) is 0 Å². The van der Waals surface area contributed by atoms with Crippen molar-refractivity contribution in [3.8, 4) is 0 Å². The molecular weight excluding hydrogens is 418 g/mol. The van der Waals surface area contributed by atoms with Crippen LogP contribution in [-0.4, -0.2) is 65.4 Å². The number of nitrogens with zero attached hydrogens (tertiary/aromatic N) is 3. The van der Waals surface area contributed by atoms with Crippen LogP contribution in [0.2, 0.25) is 0 Å². The monoisotopic (exact) mass is 457 g/mol. The third-order valence-corrected chi connectivity index (χ3v) is 7.84. The number of carboxylic acid groups (broad SMARTS) is 1. The van der Waals surface area contributed by atoms with Crippen molar-refractivity contribution in [2.24, 2.45) is 11.3 Å². The standard InChI is InChI=1S/C26H39N3O4/c1-18(2)16-29(25(32)33)21-7-10-23(19(3)15-21)27-13-4-11-26(17-27)12-14-28(24(26)31)20-5-8-22(30)9-6-20/h7,10,15,18,20,22,30H,4-6,8-9,11-14,16-17H2,1-3H3,(H,32,33)/t20-,22-,26?. The van der Waals surface area contributed by atoms with Crippen molar-refractivity contribution >= 4 is 23.4 Å². The van der Waals surface area contributed by atoms with Crippen molar-refractivity contribution in [1.82, 2.24) is 4.90 Å². The van der Waals surface area contributed by atoms with Gasteiger partial charge in [-0.1, -0.05) is 13.8 Å². The van der Waals surface area contributed by atoms with Gasteiger partial charge in [-0.2, -0.15) is 0 Å². The molecule has 182 valence electrons. The van der Waals surface area contributed by atoms with E-state index in [1.807, 2.05) is 39.0 Å². The molecular formula is C26H39N3O4. The maximum Gasteiger partial charge on any atom is 0.411 e. The topological polar surface area (TPSA) is 84.3 Å². The zero-order valence-electron chi connectivity index (χ0n) is 20.3. The Morgan fingerprint density at radius 3 is 2.55 bits per heavy atom. The van der Waals surface area contributed by atoms with Crippen molar-refractivity contribution in [3.63, 3.8) is 0 Å². The van der Waals surface area contributed by atoms with E-state index in [1.165, 1.54) is 4.90 Å². The first-order valence-electron chi connectivity index (χ1n) is 12.6. The van der Waals surface area contributed by atoms with Gasteiger partial charge in [-0.3, -0.25) is 9.69 Å². The molecule has 2 amide bonds. The Morgan fingerprint density at radius 2 is 1.91 bits per heavy atom. The number of carbonyl (C=O) groups is 2. The van der Waals surface area contributed by atoms with Crippen LogP contribution in [0.4, 0.5) is 16.2 Å². The van der Waals surface area contributed by atoms with Crippen LogP contribution < -0.4 is 9.80 Å². The number of carbonyl (C=O) groups excluding carboxylic acids is 1. The Hall–Kier alpha value is -2.28. The Bertz CT molecular complexity index is 880. The summed E-state index contributed by atoms with van der Waals surface area (Å²) in [7, 11) is 0. The number of piperidine rings is 1. The summed E-state index contributed by atoms with van der Waals surface area (Å²) < 4.78 is 0. The lowest BCUT2D eigenvalue weighted by molar-refractivity contribution is -0.139. The van der Waals surface area contributed by atoms with Crippen molar-refractivity contribution in [2.45, 2.75) is 77.9 Å². The summed E-state index contributed by atoms with van der Waals surface area (Å²) in [4.78, 5) is 31.3. The van der Waals surface area contributed by atoms with E-state index in [0.717, 1.165) is 75.8 Å². The molecule has 1 spiro atoms. The van der Waals surface area contributed by atoms with Gasteiger partial charge in [-0.15, -0.1) is 0 Å². The van der Waals surface area contributed by atoms with Gasteiger partial charge in [0.1, 0.15) is 0 Å². The number of amides is 2. The number of aryl methyl sites for hydroxylation is 1. The normalized spacial score (nSPS) is 28.1. The molecule has 33 heavy (non-hydrogen) atoms. The van der Waals surface area contributed by atoms with Gasteiger partial charge in [0.15, 0.2) is 0 Å². The minimum absolute atomic E-state index is 0.207. The minimum atomic E-state index is -0.931. The van der Waals surface area contributed by atoms with E-state index in [2.05, 4.69) is 9.80 Å². The van der Waals surface area contributed by atoms with E-state index in [4.69, 9.17) is 0 Å². The molecule has 3 fully saturated rings. The molecule has 1 atom stereocenters. The summed E-state index contributed by atoms with van der Waals surface area (Å²) in [6, 6.07) is 6.17. The van der Waals surface area contributed by atoms with Gasteiger partial charge in [-0.25, -0.2) is 4.79 Å². The maximum absolute atomic E-state index is 13.6. The Labute approximate surface area is 197 Å². The van der Waals surface area contributed by atoms with Crippen LogP contribution in [0.1, 0.15) is 64.4 Å². The third kappa shape index (κ3) is 4.84. The summed E-state index contributed by atoms with van der Waals surface area (Å²) in [6.45, 7) is 9.00. The highest BCUT2D eigenvalue weighted by molar-refractivity contribution is 5.87. The number of hydrogen-bond acceptors (Lipinski definition) is 4. The summed E-state index contributed by atoms with van der Waals surface area (Å²) in [5.74, 6) is 0.545. The molecule has 2 heterocycles. The van der Waals surface area contributed by atoms with Gasteiger partial charge in [0.05, 0.1) is 11.5 Å². The second-order valence-corrected chi connectivity index (χ2v) is 10.8. The van der Waals surface area contributed by atoms with Crippen molar-refractivity contribution < 1.29 is 19.8 Å². The van der Waals surface area contributed by atoms with Crippen molar-refractivity contribution in [3.05, 3.63) is 23.8 Å². The average Bonchev–Trinajstić information content (AvgIpc) is 3.07. The highest BCUT2D eigenvalue weighted by Crippen LogP contribution is 2.44. The summed E-state index contributed by atoms with van der Waals surface area (Å²) in [5.41, 5.74) is 2.53. The Morgan fingerprint density at radius 1 is 1.18 bits per heavy atom. The van der Waals surface area contributed by atoms with Crippen LogP contribution in [0.15, 0.2) is 18.2 Å². The molecule has 7 heteroatoms. The van der Waals surface area contributed by atoms with Crippen LogP contribution >= 0.6 is 0 Å². The molecule has 1 aromatic rings. The first kappa shape index (κ1) is 23.9. The van der Waals surface area contributed by atoms with E-state index in [9.17, 15) is 19.8 Å². The number of rotatable bonds is 5. The predicted molar refractivity (Wildman–Crippen MR) is 130 cm³/mol. The summed E-state index contributed by atoms with van der Waals surface area (Å²) in [5, 5.41) is 19.5. The lowest BCUT2D eigenvalue weighted by Crippen LogP contribution is -2.50. The van der Waals surface area contributed by atoms with E-state index in [1.54, 1.807) is 0 Å². The average molecular weight is 458 g/mol. The molecule has 1 aromatic carbocycles. The third-order valence-electron chi connectivity index (χ3n) is 7.84. The predicted octanol–water partition coefficient (Wildman–Crippen LogP) is 4.26. The molecule has 1 unspecified atom stereocenters. The quantitative estimate of drug-likeness (QED) is 0.690. The van der Waals surface area contributed by atoms with Gasteiger partial charge < -0.3 is 20.0 Å². The van der Waals surface area contributed by atoms with Crippen molar-refractivity contribution in [1.29, 1.82) is 0 Å². The fourth-order valence-electron chi connectivity index (χ4n) is 6.10. The lowest BCUT2D eigenvalue weighted by Gasteiger charge is -2.42. The molecule has 0 radical (unpaired) electrons. The van der Waals surface area contributed by atoms with Crippen LogP contribution in [0, 0.1) is 18.3 Å². The number of anilines is 2. The molecule has 2 N–H and O–H groups in total. The number of benzene rings is 1. The van der Waals surface area contributed by atoms with Crippen LogP contribution in [-0.2, 0) is 4.79 Å². The van der Waals surface area contributed by atoms with Gasteiger partial charge in [0.25, 0.3) is 0 Å². The SMILES string of the molecule is Cc1cc(N(CC(C)C)C(=O)O)ccc1N1CCCC2(CCN([C@H]3CC[C@H](O)CC3)C2=O)C1. The minimum Gasteiger partial charge on any atom is -0.465 e. The lowest BCUT2D eigenvalue weighted by atomic mass is 9.78.